The molecule has 12 unspecified atom stereocenters. The van der Waals surface area contributed by atoms with Gasteiger partial charge in [0.15, 0.2) is 37.7 Å². The molecule has 0 saturated carbocycles. The van der Waals surface area contributed by atoms with Gasteiger partial charge in [0.05, 0.1) is 93.4 Å². The Labute approximate surface area is 603 Å². The Hall–Kier alpha value is -6.21. The van der Waals surface area contributed by atoms with Crippen molar-refractivity contribution in [1.82, 2.24) is 0 Å². The van der Waals surface area contributed by atoms with Gasteiger partial charge in [-0.3, -0.25) is 14.4 Å². The first kappa shape index (κ1) is 80.9. The zero-order valence-electron chi connectivity index (χ0n) is 61.3. The fourth-order valence-corrected chi connectivity index (χ4v) is 14.5. The quantitative estimate of drug-likeness (QED) is 0.0115. The van der Waals surface area contributed by atoms with Crippen LogP contribution in [0.4, 0.5) is 0 Å². The number of unbranched alkanes of at least 4 members (excludes halogenated alkanes) is 1. The number of azide groups is 2. The van der Waals surface area contributed by atoms with E-state index in [4.69, 9.17) is 85.3 Å². The molecule has 9 rings (SSSR count). The van der Waals surface area contributed by atoms with Gasteiger partial charge in [-0.05, 0) is 79.1 Å². The van der Waals surface area contributed by atoms with Gasteiger partial charge in [-0.15, -0.1) is 6.58 Å². The lowest BCUT2D eigenvalue weighted by molar-refractivity contribution is -0.371. The molecule has 6 heterocycles. The molecule has 6 fully saturated rings. The third-order valence-electron chi connectivity index (χ3n) is 20.6. The summed E-state index contributed by atoms with van der Waals surface area (Å²) in [5.41, 5.74) is 23.3. The van der Waals surface area contributed by atoms with Gasteiger partial charge in [-0.2, -0.15) is 0 Å². The summed E-state index contributed by atoms with van der Waals surface area (Å²) < 4.78 is 119. The average molecular weight is 1440 g/mol. The third-order valence-corrected chi connectivity index (χ3v) is 20.6. The number of esters is 3. The highest BCUT2D eigenvalue weighted by molar-refractivity contribution is 5.66. The summed E-state index contributed by atoms with van der Waals surface area (Å²) in [7, 11) is 0. The first-order valence-corrected chi connectivity index (χ1v) is 36.1. The van der Waals surface area contributed by atoms with Crippen molar-refractivity contribution in [2.45, 2.75) is 264 Å². The lowest BCUT2D eigenvalue weighted by Gasteiger charge is -2.52. The maximum Gasteiger partial charge on any atom is 0.302 e. The summed E-state index contributed by atoms with van der Waals surface area (Å²) >= 11 is 0. The first-order valence-electron chi connectivity index (χ1n) is 36.1. The summed E-state index contributed by atoms with van der Waals surface area (Å²) in [6, 6.07) is 26.6. The van der Waals surface area contributed by atoms with E-state index in [2.05, 4.69) is 26.6 Å². The minimum absolute atomic E-state index is 0.0894. The summed E-state index contributed by atoms with van der Waals surface area (Å²) in [5.74, 6) is -5.12. The van der Waals surface area contributed by atoms with Gasteiger partial charge in [-0.25, -0.2) is 0 Å². The van der Waals surface area contributed by atoms with Crippen LogP contribution in [0.25, 0.3) is 20.9 Å². The van der Waals surface area contributed by atoms with Gasteiger partial charge >= 0.3 is 17.9 Å². The molecule has 3 aromatic rings. The van der Waals surface area contributed by atoms with Crippen LogP contribution in [0.5, 0.6) is 0 Å². The highest BCUT2D eigenvalue weighted by atomic mass is 16.8. The number of aliphatic hydroxyl groups excluding tert-OH is 1. The van der Waals surface area contributed by atoms with Crippen LogP contribution < -0.4 is 0 Å². The van der Waals surface area contributed by atoms with E-state index in [0.717, 1.165) is 29.5 Å². The van der Waals surface area contributed by atoms with E-state index in [9.17, 15) is 30.6 Å². The maximum atomic E-state index is 12.8. The number of nitrogens with zero attached hydrogens (tertiary/aromatic N) is 6. The molecule has 0 amide bonds. The van der Waals surface area contributed by atoms with Gasteiger partial charge < -0.3 is 90.4 Å². The topological polar surface area (TPSA) is 335 Å². The largest absolute Gasteiger partial charge is 0.463 e. The third kappa shape index (κ3) is 21.1. The van der Waals surface area contributed by atoms with E-state index in [1.165, 1.54) is 20.8 Å². The van der Waals surface area contributed by atoms with Crippen molar-refractivity contribution in [2.24, 2.45) is 51.7 Å². The minimum atomic E-state index is -1.30. The lowest BCUT2D eigenvalue weighted by Crippen LogP contribution is -2.64. The van der Waals surface area contributed by atoms with Crippen LogP contribution in [0.2, 0.25) is 0 Å². The number of carbonyl (C=O) groups is 3. The standard InChI is InChI=1S/C75H106N6O22/c1-15-16-26-33-86-70-41(3)40(2)62(56(96-70)37-87-50(12)82)99-72-45(7)66(91-35-54-29-22-18-23-30-54)68(48(10)94-72)102-75-60(79-81-77)43(5)64(58(98-75)39-89-52(14)84)101-73-46(8)67(92-36-55-31-24-19-25-32-55)69(49(11)95-73)103-74-59(78-80-76)42(4)63(57(97-74)38-88-51(13)83)100-71-44(6)65(61(85)47(9)93-71)90-34-53-27-20-17-21-28-53/h15,17-25,27-32,40-49,56-75,85H,1,16,26,33-39H2,2-14H3/t40-,41?,42-,43-,44?,45?,46?,47?,48?,49?,56?,57?,58?,59?,60?,61-,62+,63+,64+,65+,66+,67+,68-,69-,70-,71+,72+,73+,74+,75-/m1/s1. The molecule has 28 heteroatoms. The van der Waals surface area contributed by atoms with Crippen molar-refractivity contribution in [3.8, 4) is 0 Å². The molecule has 28 nitrogen and oxygen atoms in total. The second kappa shape index (κ2) is 38.9. The average Bonchev–Trinajstić information content (AvgIpc) is 0.775. The maximum absolute atomic E-state index is 12.8. The smallest absolute Gasteiger partial charge is 0.302 e. The van der Waals surface area contributed by atoms with Crippen LogP contribution in [0.15, 0.2) is 114 Å². The normalized spacial score (nSPS) is 38.2. The van der Waals surface area contributed by atoms with Crippen LogP contribution in [0.1, 0.15) is 120 Å². The Morgan fingerprint density at radius 2 is 0.767 bits per heavy atom. The summed E-state index contributed by atoms with van der Waals surface area (Å²) in [6.45, 7) is 26.7. The van der Waals surface area contributed by atoms with Gasteiger partial charge in [-0.1, -0.05) is 156 Å². The number of carbonyl (C=O) groups excluding carboxylic acids is 3. The molecule has 1 N–H and O–H groups in total. The fourth-order valence-electron chi connectivity index (χ4n) is 14.5. The zero-order valence-corrected chi connectivity index (χ0v) is 61.3. The Bertz CT molecular complexity index is 3230. The van der Waals surface area contributed by atoms with Crippen LogP contribution >= 0.6 is 0 Å². The number of aliphatic hydroxyl groups is 1. The molecule has 0 bridgehead atoms. The molecule has 0 aliphatic carbocycles. The summed E-state index contributed by atoms with van der Waals surface area (Å²) in [4.78, 5) is 44.2. The van der Waals surface area contributed by atoms with E-state index in [1.807, 2.05) is 152 Å². The van der Waals surface area contributed by atoms with Gasteiger partial charge in [0, 0.05) is 54.3 Å². The van der Waals surface area contributed by atoms with Gasteiger partial charge in [0.25, 0.3) is 0 Å². The van der Waals surface area contributed by atoms with Crippen molar-refractivity contribution in [3.05, 3.63) is 141 Å². The lowest BCUT2D eigenvalue weighted by atomic mass is 9.84. The summed E-state index contributed by atoms with van der Waals surface area (Å²) in [5, 5.41) is 20.0. The van der Waals surface area contributed by atoms with Crippen molar-refractivity contribution >= 4 is 17.9 Å². The molecule has 6 aliphatic heterocycles. The van der Waals surface area contributed by atoms with Gasteiger partial charge in [0.1, 0.15) is 56.4 Å². The van der Waals surface area contributed by atoms with Crippen molar-refractivity contribution < 1.29 is 105 Å². The second-order valence-corrected chi connectivity index (χ2v) is 28.1. The molecular weight excluding hydrogens is 1340 g/mol. The molecule has 103 heavy (non-hydrogen) atoms. The Kier molecular flexibility index (Phi) is 30.5. The fraction of sp³-hybridized carbons (Fsp3) is 0.693. The monoisotopic (exact) mass is 1440 g/mol. The number of hydrogen-bond acceptors (Lipinski definition) is 24. The molecule has 30 atom stereocenters. The minimum Gasteiger partial charge on any atom is -0.463 e. The highest BCUT2D eigenvalue weighted by Gasteiger charge is 2.57. The molecule has 568 valence electrons. The Morgan fingerprint density at radius 1 is 0.427 bits per heavy atom. The molecule has 0 radical (unpaired) electrons. The molecule has 0 spiro atoms. The Morgan fingerprint density at radius 3 is 1.14 bits per heavy atom. The predicted molar refractivity (Wildman–Crippen MR) is 370 cm³/mol. The molecule has 3 aromatic carbocycles. The molecule has 6 saturated heterocycles. The number of hydrogen-bond donors (Lipinski definition) is 1. The number of ether oxygens (including phenoxy) is 18. The van der Waals surface area contributed by atoms with E-state index in [0.29, 0.717) is 6.61 Å². The second-order valence-electron chi connectivity index (χ2n) is 28.1. The summed E-state index contributed by atoms with van der Waals surface area (Å²) in [6.07, 6.45) is -15.7. The van der Waals surface area contributed by atoms with E-state index >= 15 is 0 Å². The zero-order chi connectivity index (χ0) is 74.0. The van der Waals surface area contributed by atoms with Crippen LogP contribution in [-0.2, 0) is 119 Å². The van der Waals surface area contributed by atoms with Gasteiger partial charge in [0.2, 0.25) is 0 Å². The molecule has 6 aliphatic rings. The number of benzene rings is 3. The molecular formula is C75H106N6O22. The van der Waals surface area contributed by atoms with Crippen molar-refractivity contribution in [1.29, 1.82) is 0 Å². The first-order chi connectivity index (χ1) is 49.5. The Balaban J connectivity index is 0.956. The number of rotatable bonds is 32. The van der Waals surface area contributed by atoms with Crippen molar-refractivity contribution in [3.63, 3.8) is 0 Å². The van der Waals surface area contributed by atoms with Crippen LogP contribution in [-0.4, -0.2) is 191 Å². The van der Waals surface area contributed by atoms with Crippen LogP contribution in [0, 0.1) is 41.4 Å². The predicted octanol–water partition coefficient (Wildman–Crippen LogP) is 10.9. The highest BCUT2D eigenvalue weighted by Crippen LogP contribution is 2.44. The van der Waals surface area contributed by atoms with Crippen molar-refractivity contribution in [2.75, 3.05) is 26.4 Å². The SMILES string of the molecule is C=CCCCO[C@@H]1OC(COC(C)=O)[C@@H](O[C@@H]2OC(C)[C@@H](O[C@H]3OC(COC(C)=O)[C@@H](O[C@@H]4OC(C)[C@@H](O[C@@H]5OC(COC(C)=O)[C@@H](O[C@@H]6OC(C)[C@@H](O)[C@@H](OCc7ccccc7)C6C)[C@H](C)C5N=[N+]=[N-])[C@@H](OCc5ccccc5)C4C)[C@H](C)C3N=[N+]=[N-])[C@@H](OCc3ccccc3)C2C)[C@H](C)C1C. The van der Waals surface area contributed by atoms with E-state index in [-0.39, 0.29) is 51.5 Å². The van der Waals surface area contributed by atoms with Crippen LogP contribution in [0.3, 0.4) is 0 Å². The van der Waals surface area contributed by atoms with E-state index in [1.54, 1.807) is 13.8 Å². The molecule has 0 aromatic heterocycles. The van der Waals surface area contributed by atoms with E-state index < -0.39 is 189 Å². The number of allylic oxidation sites excluding steroid dienone is 1.